The lowest BCUT2D eigenvalue weighted by molar-refractivity contribution is -0.991. The smallest absolute Gasteiger partial charge is 0.337 e. The number of hydrogen-bond donors (Lipinski definition) is 3. The summed E-state index contributed by atoms with van der Waals surface area (Å²) in [5.74, 6) is -1.22. The second-order valence-corrected chi connectivity index (χ2v) is 7.18. The van der Waals surface area contributed by atoms with Crippen molar-refractivity contribution in [3.8, 4) is 6.07 Å². The van der Waals surface area contributed by atoms with Crippen LogP contribution in [-0.4, -0.2) is 16.8 Å². The lowest BCUT2D eigenvalue weighted by Gasteiger charge is -2.30. The normalized spacial score (nSPS) is 18.9. The molecule has 138 valence electrons. The van der Waals surface area contributed by atoms with Crippen LogP contribution < -0.4 is 10.5 Å². The van der Waals surface area contributed by atoms with Crippen LogP contribution in [0.1, 0.15) is 46.1 Å². The Kier molecular flexibility index (Phi) is 5.52. The van der Waals surface area contributed by atoms with Crippen LogP contribution in [0.15, 0.2) is 46.8 Å². The van der Waals surface area contributed by atoms with Gasteiger partial charge in [-0.05, 0) is 40.2 Å². The summed E-state index contributed by atoms with van der Waals surface area (Å²) < 4.78 is 5.52. The van der Waals surface area contributed by atoms with E-state index in [9.17, 15) is 20.5 Å². The molecule has 1 aliphatic heterocycles. The number of hydrogen-bond acceptors (Lipinski definition) is 6. The van der Waals surface area contributed by atoms with Crippen molar-refractivity contribution in [3.05, 3.63) is 57.6 Å². The third kappa shape index (κ3) is 4.11. The van der Waals surface area contributed by atoms with E-state index < -0.39 is 22.7 Å². The van der Waals surface area contributed by atoms with Gasteiger partial charge in [0.15, 0.2) is 5.69 Å². The van der Waals surface area contributed by atoms with Gasteiger partial charge in [-0.15, -0.1) is 0 Å². The molecule has 2 unspecified atom stereocenters. The molecule has 3 N–H and O–H groups in total. The van der Waals surface area contributed by atoms with Gasteiger partial charge >= 0.3 is 5.97 Å². The van der Waals surface area contributed by atoms with Crippen LogP contribution in [0.4, 0.5) is 5.69 Å². The van der Waals surface area contributed by atoms with Crippen LogP contribution >= 0.6 is 0 Å². The highest BCUT2D eigenvalue weighted by Gasteiger charge is 2.36. The van der Waals surface area contributed by atoms with Gasteiger partial charge in [0.1, 0.15) is 5.60 Å². The molecule has 26 heavy (non-hydrogen) atoms. The number of ether oxygens (including phenoxy) is 1. The topological polar surface area (TPSA) is 110 Å². The molecular weight excluding hydrogens is 334 g/mol. The van der Waals surface area contributed by atoms with Crippen LogP contribution in [0.25, 0.3) is 0 Å². The number of nitriles is 1. The Bertz CT molecular complexity index is 826. The standard InChI is InChI=1S/C19H23N3O4/c1-11-15(10-20)17(13-7-6-8-14(9-13)22(24)25)16(12(2)21-11)18(23)26-19(3,4)5/h6-9,17,21-22,24H,1-5H3. The summed E-state index contributed by atoms with van der Waals surface area (Å²) in [7, 11) is 0. The van der Waals surface area contributed by atoms with Crippen LogP contribution in [0.5, 0.6) is 0 Å². The highest BCUT2D eigenvalue weighted by molar-refractivity contribution is 5.93. The molecule has 1 heterocycles. The molecule has 0 saturated carbocycles. The monoisotopic (exact) mass is 357 g/mol. The number of rotatable bonds is 3. The molecule has 0 amide bonds. The van der Waals surface area contributed by atoms with Crippen molar-refractivity contribution < 1.29 is 20.0 Å². The Morgan fingerprint density at radius 2 is 2.00 bits per heavy atom. The Balaban J connectivity index is 2.61. The average Bonchev–Trinajstić information content (AvgIpc) is 2.52. The molecule has 7 heteroatoms. The fourth-order valence-corrected chi connectivity index (χ4v) is 2.93. The van der Waals surface area contributed by atoms with Gasteiger partial charge in [-0.25, -0.2) is 10.0 Å². The van der Waals surface area contributed by atoms with Crippen LogP contribution in [0, 0.1) is 16.5 Å². The third-order valence-electron chi connectivity index (χ3n) is 3.97. The second-order valence-electron chi connectivity index (χ2n) is 7.18. The van der Waals surface area contributed by atoms with Gasteiger partial charge in [0.2, 0.25) is 0 Å². The van der Waals surface area contributed by atoms with E-state index >= 15 is 0 Å². The first kappa shape index (κ1) is 19.7. The molecule has 1 aromatic carbocycles. The molecule has 0 bridgehead atoms. The molecule has 0 aromatic heterocycles. The number of nitrogens with one attached hydrogen (secondary N) is 2. The summed E-state index contributed by atoms with van der Waals surface area (Å²) in [6, 6.07) is 8.42. The minimum atomic E-state index is -1.07. The second kappa shape index (κ2) is 7.30. The van der Waals surface area contributed by atoms with Gasteiger partial charge in [-0.3, -0.25) is 0 Å². The number of carbonyl (C=O) groups excluding carboxylic acids is 1. The van der Waals surface area contributed by atoms with E-state index in [0.717, 1.165) is 0 Å². The predicted octanol–water partition coefficient (Wildman–Crippen LogP) is 2.19. The zero-order valence-electron chi connectivity index (χ0n) is 15.5. The van der Waals surface area contributed by atoms with Gasteiger partial charge in [0.05, 0.1) is 23.1 Å². The van der Waals surface area contributed by atoms with Crippen LogP contribution in [0.2, 0.25) is 0 Å². The van der Waals surface area contributed by atoms with E-state index in [0.29, 0.717) is 28.1 Å². The lowest BCUT2D eigenvalue weighted by Crippen LogP contribution is -2.99. The maximum absolute atomic E-state index is 12.8. The fraction of sp³-hybridized carbons (Fsp3) is 0.368. The zero-order chi connectivity index (χ0) is 19.6. The minimum Gasteiger partial charge on any atom is -0.595 e. The van der Waals surface area contributed by atoms with Crippen molar-refractivity contribution in [2.75, 3.05) is 0 Å². The van der Waals surface area contributed by atoms with E-state index in [1.54, 1.807) is 46.8 Å². The van der Waals surface area contributed by atoms with E-state index in [2.05, 4.69) is 11.4 Å². The number of benzene rings is 1. The lowest BCUT2D eigenvalue weighted by atomic mass is 9.81. The molecule has 1 aromatic rings. The van der Waals surface area contributed by atoms with Crippen molar-refractivity contribution in [1.82, 2.24) is 5.32 Å². The van der Waals surface area contributed by atoms with Crippen molar-refractivity contribution in [2.24, 2.45) is 0 Å². The summed E-state index contributed by atoms with van der Waals surface area (Å²) in [5, 5.41) is 32.2. The van der Waals surface area contributed by atoms with Crippen molar-refractivity contribution in [1.29, 1.82) is 5.26 Å². The predicted molar refractivity (Wildman–Crippen MR) is 95.0 cm³/mol. The SMILES string of the molecule is CC1=C(C#N)C(c2cccc([NH+]([O-])O)c2)C(C(=O)OC(C)(C)C)=C(C)N1. The molecule has 1 aliphatic rings. The highest BCUT2D eigenvalue weighted by Crippen LogP contribution is 2.39. The number of nitrogens with zero attached hydrogens (tertiary/aromatic N) is 1. The Labute approximate surface area is 152 Å². The number of dihydropyridines is 1. The number of carbonyl (C=O) groups is 1. The Morgan fingerprint density at radius 1 is 1.35 bits per heavy atom. The summed E-state index contributed by atoms with van der Waals surface area (Å²) in [5.41, 5.74) is 1.84. The summed E-state index contributed by atoms with van der Waals surface area (Å²) in [4.78, 5) is 12.8. The zero-order valence-corrected chi connectivity index (χ0v) is 15.5. The van der Waals surface area contributed by atoms with E-state index in [1.165, 1.54) is 12.1 Å². The first-order valence-corrected chi connectivity index (χ1v) is 8.20. The quantitative estimate of drug-likeness (QED) is 0.565. The molecule has 0 saturated heterocycles. The maximum atomic E-state index is 12.8. The van der Waals surface area contributed by atoms with E-state index in [4.69, 9.17) is 4.74 Å². The van der Waals surface area contributed by atoms with Gasteiger partial charge in [0, 0.05) is 23.5 Å². The van der Waals surface area contributed by atoms with E-state index in [1.807, 2.05) is 0 Å². The molecule has 2 atom stereocenters. The number of allylic oxidation sites excluding steroid dienone is 3. The Hall–Kier alpha value is -2.66. The van der Waals surface area contributed by atoms with Gasteiger partial charge in [-0.2, -0.15) is 10.5 Å². The minimum absolute atomic E-state index is 0.0946. The van der Waals surface area contributed by atoms with Crippen LogP contribution in [0.3, 0.4) is 0 Å². The van der Waals surface area contributed by atoms with Crippen molar-refractivity contribution in [3.63, 3.8) is 0 Å². The third-order valence-corrected chi connectivity index (χ3v) is 3.97. The Morgan fingerprint density at radius 3 is 2.54 bits per heavy atom. The van der Waals surface area contributed by atoms with Gasteiger partial charge < -0.3 is 15.3 Å². The first-order chi connectivity index (χ1) is 12.0. The molecule has 0 fully saturated rings. The maximum Gasteiger partial charge on any atom is 0.337 e. The molecule has 0 spiro atoms. The van der Waals surface area contributed by atoms with Gasteiger partial charge in [0.25, 0.3) is 0 Å². The molecule has 7 nitrogen and oxygen atoms in total. The fourth-order valence-electron chi connectivity index (χ4n) is 2.93. The van der Waals surface area contributed by atoms with Crippen LogP contribution in [-0.2, 0) is 9.53 Å². The molecular formula is C19H23N3O4. The largest absolute Gasteiger partial charge is 0.595 e. The summed E-state index contributed by atoms with van der Waals surface area (Å²) in [6.07, 6.45) is 0. The average molecular weight is 357 g/mol. The number of quaternary nitrogens is 1. The molecule has 2 rings (SSSR count). The molecule has 0 radical (unpaired) electrons. The van der Waals surface area contributed by atoms with E-state index in [-0.39, 0.29) is 5.69 Å². The highest BCUT2D eigenvalue weighted by atomic mass is 16.8. The van der Waals surface area contributed by atoms with Crippen molar-refractivity contribution >= 4 is 11.7 Å². The van der Waals surface area contributed by atoms with Gasteiger partial charge in [-0.1, -0.05) is 12.1 Å². The number of esters is 1. The summed E-state index contributed by atoms with van der Waals surface area (Å²) >= 11 is 0. The summed E-state index contributed by atoms with van der Waals surface area (Å²) in [6.45, 7) is 8.79. The first-order valence-electron chi connectivity index (χ1n) is 8.20. The van der Waals surface area contributed by atoms with Crippen molar-refractivity contribution in [2.45, 2.75) is 46.1 Å². The molecule has 0 aliphatic carbocycles.